The molecule has 0 saturated carbocycles. The molecule has 0 aromatic heterocycles. The van der Waals surface area contributed by atoms with E-state index >= 15 is 0 Å². The van der Waals surface area contributed by atoms with Crippen LogP contribution in [0.4, 0.5) is 0 Å². The highest BCUT2D eigenvalue weighted by Gasteiger charge is 2.14. The number of nitrogens with zero attached hydrogens (tertiary/aromatic N) is 1. The molecule has 1 aliphatic heterocycles. The maximum absolute atomic E-state index is 5.91. The Kier molecular flexibility index (Phi) is 6.76. The molecule has 0 aliphatic carbocycles. The first kappa shape index (κ1) is 16.5. The first-order chi connectivity index (χ1) is 10.2. The molecule has 2 rings (SSSR count). The van der Waals surface area contributed by atoms with Crippen LogP contribution in [0.25, 0.3) is 0 Å². The van der Waals surface area contributed by atoms with Gasteiger partial charge in [0.25, 0.3) is 0 Å². The van der Waals surface area contributed by atoms with Crippen molar-refractivity contribution in [1.82, 2.24) is 4.90 Å². The lowest BCUT2D eigenvalue weighted by atomic mass is 10.1. The summed E-state index contributed by atoms with van der Waals surface area (Å²) in [5, 5.41) is 0. The van der Waals surface area contributed by atoms with Gasteiger partial charge in [-0.25, -0.2) is 0 Å². The number of ether oxygens (including phenoxy) is 3. The highest BCUT2D eigenvalue weighted by atomic mass is 79.9. The fourth-order valence-electron chi connectivity index (χ4n) is 2.33. The summed E-state index contributed by atoms with van der Waals surface area (Å²) in [5.41, 5.74) is 6.74. The number of halogens is 1. The number of rotatable bonds is 7. The Hall–Kier alpha value is -0.820. The van der Waals surface area contributed by atoms with Gasteiger partial charge in [0, 0.05) is 19.6 Å². The summed E-state index contributed by atoms with van der Waals surface area (Å²) in [6, 6.07) is 4.03. The van der Waals surface area contributed by atoms with Gasteiger partial charge in [-0.05, 0) is 46.6 Å². The molecule has 0 bridgehead atoms. The predicted octanol–water partition coefficient (Wildman–Crippen LogP) is 1.67. The molecule has 2 N–H and O–H groups in total. The van der Waals surface area contributed by atoms with E-state index in [0.717, 1.165) is 60.8 Å². The molecule has 1 aromatic rings. The average Bonchev–Trinajstić information content (AvgIpc) is 2.50. The Labute approximate surface area is 134 Å². The zero-order chi connectivity index (χ0) is 15.1. The van der Waals surface area contributed by atoms with Gasteiger partial charge in [0.2, 0.25) is 0 Å². The smallest absolute Gasteiger partial charge is 0.175 e. The highest BCUT2D eigenvalue weighted by Crippen LogP contribution is 2.36. The topological polar surface area (TPSA) is 57.0 Å². The van der Waals surface area contributed by atoms with Crippen LogP contribution in [-0.2, 0) is 11.2 Å². The number of benzene rings is 1. The highest BCUT2D eigenvalue weighted by molar-refractivity contribution is 9.10. The number of hydrogen-bond donors (Lipinski definition) is 1. The van der Waals surface area contributed by atoms with Gasteiger partial charge in [-0.2, -0.15) is 0 Å². The summed E-state index contributed by atoms with van der Waals surface area (Å²) in [6.07, 6.45) is 0.822. The number of methoxy groups -OCH3 is 1. The molecule has 1 fully saturated rings. The summed E-state index contributed by atoms with van der Waals surface area (Å²) in [5.74, 6) is 1.50. The minimum Gasteiger partial charge on any atom is -0.493 e. The second-order valence-corrected chi connectivity index (χ2v) is 5.80. The number of nitrogens with two attached hydrogens (primary N) is 1. The van der Waals surface area contributed by atoms with E-state index in [0.29, 0.717) is 13.2 Å². The van der Waals surface area contributed by atoms with Gasteiger partial charge in [0.05, 0.1) is 24.8 Å². The lowest BCUT2D eigenvalue weighted by Gasteiger charge is -2.26. The van der Waals surface area contributed by atoms with E-state index in [1.54, 1.807) is 7.11 Å². The molecule has 1 saturated heterocycles. The fourth-order valence-corrected chi connectivity index (χ4v) is 2.93. The van der Waals surface area contributed by atoms with Crippen molar-refractivity contribution in [2.24, 2.45) is 5.73 Å². The molecule has 118 valence electrons. The predicted molar refractivity (Wildman–Crippen MR) is 86.2 cm³/mol. The Morgan fingerprint density at radius 3 is 2.76 bits per heavy atom. The van der Waals surface area contributed by atoms with Crippen LogP contribution in [0.15, 0.2) is 16.6 Å². The molecule has 0 atom stereocenters. The van der Waals surface area contributed by atoms with Crippen LogP contribution in [0.1, 0.15) is 5.56 Å². The third-order valence-electron chi connectivity index (χ3n) is 3.48. The first-order valence-electron chi connectivity index (χ1n) is 7.24. The number of hydrogen-bond acceptors (Lipinski definition) is 5. The monoisotopic (exact) mass is 358 g/mol. The quantitative estimate of drug-likeness (QED) is 0.803. The zero-order valence-electron chi connectivity index (χ0n) is 12.4. The van der Waals surface area contributed by atoms with Gasteiger partial charge in [0.1, 0.15) is 6.61 Å². The van der Waals surface area contributed by atoms with Crippen molar-refractivity contribution >= 4 is 15.9 Å². The Morgan fingerprint density at radius 1 is 1.33 bits per heavy atom. The average molecular weight is 359 g/mol. The van der Waals surface area contributed by atoms with Crippen molar-refractivity contribution in [3.05, 3.63) is 22.2 Å². The van der Waals surface area contributed by atoms with Gasteiger partial charge < -0.3 is 19.9 Å². The van der Waals surface area contributed by atoms with Crippen molar-refractivity contribution in [1.29, 1.82) is 0 Å². The molecular weight excluding hydrogens is 336 g/mol. The molecule has 0 spiro atoms. The summed E-state index contributed by atoms with van der Waals surface area (Å²) in [7, 11) is 1.66. The second-order valence-electron chi connectivity index (χ2n) is 4.95. The van der Waals surface area contributed by atoms with Crippen LogP contribution >= 0.6 is 15.9 Å². The summed E-state index contributed by atoms with van der Waals surface area (Å²) in [6.45, 7) is 5.69. The van der Waals surface area contributed by atoms with E-state index in [4.69, 9.17) is 19.9 Å². The van der Waals surface area contributed by atoms with Crippen molar-refractivity contribution in [3.8, 4) is 11.5 Å². The van der Waals surface area contributed by atoms with Crippen molar-refractivity contribution in [3.63, 3.8) is 0 Å². The Bertz CT molecular complexity index is 451. The molecule has 1 aromatic carbocycles. The zero-order valence-corrected chi connectivity index (χ0v) is 14.0. The van der Waals surface area contributed by atoms with Crippen molar-refractivity contribution < 1.29 is 14.2 Å². The van der Waals surface area contributed by atoms with Gasteiger partial charge in [-0.1, -0.05) is 0 Å². The molecule has 6 heteroatoms. The van der Waals surface area contributed by atoms with E-state index in [1.807, 2.05) is 12.1 Å². The van der Waals surface area contributed by atoms with Crippen LogP contribution in [0.3, 0.4) is 0 Å². The van der Waals surface area contributed by atoms with E-state index in [-0.39, 0.29) is 0 Å². The van der Waals surface area contributed by atoms with E-state index in [9.17, 15) is 0 Å². The standard InChI is InChI=1S/C15H23BrN2O3/c1-19-14-11-12(2-3-17)10-13(16)15(14)21-9-6-18-4-7-20-8-5-18/h10-11H,2-9,17H2,1H3. The maximum atomic E-state index is 5.91. The molecule has 0 radical (unpaired) electrons. The summed E-state index contributed by atoms with van der Waals surface area (Å²) >= 11 is 3.56. The Morgan fingerprint density at radius 2 is 2.10 bits per heavy atom. The molecular formula is C15H23BrN2O3. The normalized spacial score (nSPS) is 16.0. The van der Waals surface area contributed by atoms with Crippen LogP contribution < -0.4 is 15.2 Å². The van der Waals surface area contributed by atoms with Gasteiger partial charge in [-0.15, -0.1) is 0 Å². The van der Waals surface area contributed by atoms with Crippen LogP contribution in [0.2, 0.25) is 0 Å². The minimum absolute atomic E-state index is 0.618. The van der Waals surface area contributed by atoms with Gasteiger partial charge in [0.15, 0.2) is 11.5 Å². The van der Waals surface area contributed by atoms with Crippen LogP contribution in [0.5, 0.6) is 11.5 Å². The molecule has 0 unspecified atom stereocenters. The largest absolute Gasteiger partial charge is 0.493 e. The van der Waals surface area contributed by atoms with Gasteiger partial charge >= 0.3 is 0 Å². The van der Waals surface area contributed by atoms with E-state index < -0.39 is 0 Å². The Balaban J connectivity index is 1.94. The van der Waals surface area contributed by atoms with Crippen molar-refractivity contribution in [2.45, 2.75) is 6.42 Å². The van der Waals surface area contributed by atoms with Crippen LogP contribution in [0, 0.1) is 0 Å². The second kappa shape index (κ2) is 8.58. The third-order valence-corrected chi connectivity index (χ3v) is 4.07. The van der Waals surface area contributed by atoms with Crippen LogP contribution in [-0.4, -0.2) is 58.0 Å². The SMILES string of the molecule is COc1cc(CCN)cc(Br)c1OCCN1CCOCC1. The number of morpholine rings is 1. The molecule has 1 aliphatic rings. The maximum Gasteiger partial charge on any atom is 0.175 e. The summed E-state index contributed by atoms with van der Waals surface area (Å²) < 4.78 is 17.6. The lowest BCUT2D eigenvalue weighted by molar-refractivity contribution is 0.0320. The van der Waals surface area contributed by atoms with Gasteiger partial charge in [-0.3, -0.25) is 4.90 Å². The molecule has 0 amide bonds. The first-order valence-corrected chi connectivity index (χ1v) is 8.03. The molecule has 5 nitrogen and oxygen atoms in total. The fraction of sp³-hybridized carbons (Fsp3) is 0.600. The van der Waals surface area contributed by atoms with E-state index in [2.05, 4.69) is 20.8 Å². The lowest BCUT2D eigenvalue weighted by Crippen LogP contribution is -2.38. The molecule has 21 heavy (non-hydrogen) atoms. The molecule has 1 heterocycles. The van der Waals surface area contributed by atoms with Crippen molar-refractivity contribution in [2.75, 3.05) is 53.1 Å². The third kappa shape index (κ3) is 4.85. The van der Waals surface area contributed by atoms with E-state index in [1.165, 1.54) is 0 Å². The minimum atomic E-state index is 0.618. The summed E-state index contributed by atoms with van der Waals surface area (Å²) in [4.78, 5) is 2.34.